The fourth-order valence-corrected chi connectivity index (χ4v) is 2.32. The molecule has 0 heterocycles. The summed E-state index contributed by atoms with van der Waals surface area (Å²) in [5, 5.41) is 3.23. The molecule has 1 N–H and O–H groups in total. The van der Waals surface area contributed by atoms with Gasteiger partial charge in [-0.3, -0.25) is 0 Å². The van der Waals surface area contributed by atoms with Gasteiger partial charge in [-0.05, 0) is 39.2 Å². The summed E-state index contributed by atoms with van der Waals surface area (Å²) < 4.78 is 40.6. The van der Waals surface area contributed by atoms with Gasteiger partial charge in [0.1, 0.15) is 5.75 Å². The summed E-state index contributed by atoms with van der Waals surface area (Å²) in [5.41, 5.74) is 2.01. The lowest BCUT2D eigenvalue weighted by atomic mass is 10.2. The first-order chi connectivity index (χ1) is 9.94. The standard InChI is InChI=1S/C15H13BrF3NO/c16-13-8-12(6-7-14(13)21-15(17,18)19)10-20-9-11-4-2-1-3-5-11/h1-8,20H,9-10H2. The molecule has 0 unspecified atom stereocenters. The van der Waals surface area contributed by atoms with Gasteiger partial charge in [0.05, 0.1) is 4.47 Å². The Morgan fingerprint density at radius 2 is 1.62 bits per heavy atom. The highest BCUT2D eigenvalue weighted by Crippen LogP contribution is 2.31. The van der Waals surface area contributed by atoms with E-state index >= 15 is 0 Å². The van der Waals surface area contributed by atoms with Crippen LogP contribution in [0.3, 0.4) is 0 Å². The lowest BCUT2D eigenvalue weighted by molar-refractivity contribution is -0.274. The quantitative estimate of drug-likeness (QED) is 0.839. The summed E-state index contributed by atoms with van der Waals surface area (Å²) in [6.45, 7) is 1.25. The van der Waals surface area contributed by atoms with Gasteiger partial charge in [0, 0.05) is 13.1 Å². The van der Waals surface area contributed by atoms with Gasteiger partial charge in [-0.15, -0.1) is 13.2 Å². The molecular formula is C15H13BrF3NO. The lowest BCUT2D eigenvalue weighted by Crippen LogP contribution is -2.17. The normalized spacial score (nSPS) is 11.4. The molecule has 0 bridgehead atoms. The van der Waals surface area contributed by atoms with Crippen LogP contribution in [0.1, 0.15) is 11.1 Å². The van der Waals surface area contributed by atoms with Gasteiger partial charge in [-0.25, -0.2) is 0 Å². The van der Waals surface area contributed by atoms with Gasteiger partial charge in [0.25, 0.3) is 0 Å². The molecular weight excluding hydrogens is 347 g/mol. The van der Waals surface area contributed by atoms with Gasteiger partial charge in [-0.1, -0.05) is 36.4 Å². The maximum Gasteiger partial charge on any atom is 0.573 e. The van der Waals surface area contributed by atoms with Crippen LogP contribution >= 0.6 is 15.9 Å². The molecule has 0 saturated heterocycles. The van der Waals surface area contributed by atoms with Crippen LogP contribution in [0.5, 0.6) is 5.75 Å². The van der Waals surface area contributed by atoms with Crippen molar-refractivity contribution in [3.05, 3.63) is 64.1 Å². The molecule has 0 radical (unpaired) electrons. The van der Waals surface area contributed by atoms with Crippen molar-refractivity contribution >= 4 is 15.9 Å². The van der Waals surface area contributed by atoms with E-state index in [1.165, 1.54) is 6.07 Å². The molecule has 0 aromatic heterocycles. The molecule has 0 fully saturated rings. The average molecular weight is 360 g/mol. The third-order valence-electron chi connectivity index (χ3n) is 2.72. The van der Waals surface area contributed by atoms with Crippen molar-refractivity contribution in [2.45, 2.75) is 19.5 Å². The summed E-state index contributed by atoms with van der Waals surface area (Å²) in [4.78, 5) is 0. The maximum absolute atomic E-state index is 12.2. The van der Waals surface area contributed by atoms with E-state index in [-0.39, 0.29) is 10.2 Å². The smallest absolute Gasteiger partial charge is 0.405 e. The van der Waals surface area contributed by atoms with Gasteiger partial charge in [0.2, 0.25) is 0 Å². The molecule has 0 spiro atoms. The summed E-state index contributed by atoms with van der Waals surface area (Å²) in [6.07, 6.45) is -4.68. The van der Waals surface area contributed by atoms with Crippen LogP contribution in [0.2, 0.25) is 0 Å². The molecule has 2 rings (SSSR count). The Bertz CT molecular complexity index is 587. The number of ether oxygens (including phenoxy) is 1. The van der Waals surface area contributed by atoms with Crippen molar-refractivity contribution in [3.63, 3.8) is 0 Å². The number of benzene rings is 2. The van der Waals surface area contributed by atoms with Crippen LogP contribution in [0.25, 0.3) is 0 Å². The van der Waals surface area contributed by atoms with Crippen LogP contribution < -0.4 is 10.1 Å². The molecule has 6 heteroatoms. The van der Waals surface area contributed by atoms with Crippen LogP contribution in [0.15, 0.2) is 53.0 Å². The van der Waals surface area contributed by atoms with Crippen molar-refractivity contribution in [2.24, 2.45) is 0 Å². The number of halogens is 4. The van der Waals surface area contributed by atoms with Gasteiger partial charge in [-0.2, -0.15) is 0 Å². The van der Waals surface area contributed by atoms with Gasteiger partial charge in [0.15, 0.2) is 0 Å². The topological polar surface area (TPSA) is 21.3 Å². The lowest BCUT2D eigenvalue weighted by Gasteiger charge is -2.12. The highest BCUT2D eigenvalue weighted by atomic mass is 79.9. The number of nitrogens with one attached hydrogen (secondary N) is 1. The maximum atomic E-state index is 12.2. The Balaban J connectivity index is 1.91. The van der Waals surface area contributed by atoms with E-state index in [2.05, 4.69) is 26.0 Å². The zero-order chi connectivity index (χ0) is 15.3. The van der Waals surface area contributed by atoms with Crippen molar-refractivity contribution in [3.8, 4) is 5.75 Å². The fraction of sp³-hybridized carbons (Fsp3) is 0.200. The first-order valence-corrected chi connectivity index (χ1v) is 7.02. The summed E-state index contributed by atoms with van der Waals surface area (Å²) in [6, 6.07) is 14.4. The van der Waals surface area contributed by atoms with Crippen LogP contribution in [-0.2, 0) is 13.1 Å². The first-order valence-electron chi connectivity index (χ1n) is 6.23. The summed E-state index contributed by atoms with van der Waals surface area (Å²) >= 11 is 3.08. The third-order valence-corrected chi connectivity index (χ3v) is 3.34. The second-order valence-corrected chi connectivity index (χ2v) is 5.26. The second kappa shape index (κ2) is 6.95. The van der Waals surface area contributed by atoms with E-state index in [1.54, 1.807) is 12.1 Å². The summed E-state index contributed by atoms with van der Waals surface area (Å²) in [7, 11) is 0. The van der Waals surface area contributed by atoms with E-state index in [1.807, 2.05) is 30.3 Å². The van der Waals surface area contributed by atoms with Crippen LogP contribution in [-0.4, -0.2) is 6.36 Å². The number of alkyl halides is 3. The Morgan fingerprint density at radius 3 is 2.24 bits per heavy atom. The Kier molecular flexibility index (Phi) is 5.25. The van der Waals surface area contributed by atoms with Gasteiger partial charge < -0.3 is 10.1 Å². The van der Waals surface area contributed by atoms with Crippen LogP contribution in [0.4, 0.5) is 13.2 Å². The van der Waals surface area contributed by atoms with Crippen molar-refractivity contribution in [1.29, 1.82) is 0 Å². The molecule has 21 heavy (non-hydrogen) atoms. The van der Waals surface area contributed by atoms with E-state index in [9.17, 15) is 13.2 Å². The fourth-order valence-electron chi connectivity index (χ4n) is 1.81. The molecule has 0 aliphatic carbocycles. The van der Waals surface area contributed by atoms with E-state index in [0.717, 1.165) is 11.1 Å². The predicted octanol–water partition coefficient (Wildman–Crippen LogP) is 4.64. The van der Waals surface area contributed by atoms with E-state index < -0.39 is 6.36 Å². The van der Waals surface area contributed by atoms with Crippen LogP contribution in [0, 0.1) is 0 Å². The number of rotatable bonds is 5. The molecule has 0 amide bonds. The SMILES string of the molecule is FC(F)(F)Oc1ccc(CNCc2ccccc2)cc1Br. The van der Waals surface area contributed by atoms with Gasteiger partial charge >= 0.3 is 6.36 Å². The average Bonchev–Trinajstić information content (AvgIpc) is 2.42. The number of hydrogen-bond acceptors (Lipinski definition) is 2. The minimum atomic E-state index is -4.68. The molecule has 0 atom stereocenters. The second-order valence-electron chi connectivity index (χ2n) is 4.40. The Morgan fingerprint density at radius 1 is 0.952 bits per heavy atom. The molecule has 2 nitrogen and oxygen atoms in total. The molecule has 112 valence electrons. The first kappa shape index (κ1) is 15.9. The monoisotopic (exact) mass is 359 g/mol. The minimum Gasteiger partial charge on any atom is -0.405 e. The molecule has 2 aromatic rings. The van der Waals surface area contributed by atoms with E-state index in [0.29, 0.717) is 13.1 Å². The van der Waals surface area contributed by atoms with Crippen molar-refractivity contribution in [2.75, 3.05) is 0 Å². The zero-order valence-electron chi connectivity index (χ0n) is 11.0. The highest BCUT2D eigenvalue weighted by Gasteiger charge is 2.31. The minimum absolute atomic E-state index is 0.241. The highest BCUT2D eigenvalue weighted by molar-refractivity contribution is 9.10. The Labute approximate surface area is 129 Å². The predicted molar refractivity (Wildman–Crippen MR) is 77.8 cm³/mol. The molecule has 0 aliphatic heterocycles. The molecule has 0 aliphatic rings. The van der Waals surface area contributed by atoms with Crippen molar-refractivity contribution in [1.82, 2.24) is 5.32 Å². The van der Waals surface area contributed by atoms with Crippen molar-refractivity contribution < 1.29 is 17.9 Å². The molecule has 2 aromatic carbocycles. The Hall–Kier alpha value is -1.53. The molecule has 0 saturated carbocycles. The third kappa shape index (κ3) is 5.40. The zero-order valence-corrected chi connectivity index (χ0v) is 12.5. The summed E-state index contributed by atoms with van der Waals surface area (Å²) in [5.74, 6) is -0.241. The number of hydrogen-bond donors (Lipinski definition) is 1. The largest absolute Gasteiger partial charge is 0.573 e. The van der Waals surface area contributed by atoms with E-state index in [4.69, 9.17) is 0 Å².